The van der Waals surface area contributed by atoms with Crippen LogP contribution in [0.5, 0.6) is 0 Å². The molecule has 0 aromatic carbocycles. The molecule has 1 saturated carbocycles. The lowest BCUT2D eigenvalue weighted by atomic mass is 10.0. The van der Waals surface area contributed by atoms with Crippen LogP contribution in [0.2, 0.25) is 0 Å². The van der Waals surface area contributed by atoms with Crippen LogP contribution in [-0.2, 0) is 13.5 Å². The summed E-state index contributed by atoms with van der Waals surface area (Å²) < 4.78 is 1.96. The highest BCUT2D eigenvalue weighted by Gasteiger charge is 2.16. The fraction of sp³-hybridized carbons (Fsp3) is 0.786. The van der Waals surface area contributed by atoms with Crippen LogP contribution in [0.4, 0.5) is 0 Å². The van der Waals surface area contributed by atoms with Crippen molar-refractivity contribution < 1.29 is 0 Å². The van der Waals surface area contributed by atoms with E-state index in [0.29, 0.717) is 0 Å². The third kappa shape index (κ3) is 4.02. The summed E-state index contributed by atoms with van der Waals surface area (Å²) >= 11 is 2.08. The highest BCUT2D eigenvalue weighted by molar-refractivity contribution is 7.99. The van der Waals surface area contributed by atoms with Crippen LogP contribution in [0, 0.1) is 6.92 Å². The van der Waals surface area contributed by atoms with E-state index < -0.39 is 0 Å². The Labute approximate surface area is 115 Å². The van der Waals surface area contributed by atoms with E-state index >= 15 is 0 Å². The topological polar surface area (TPSA) is 43.8 Å². The second-order valence-corrected chi connectivity index (χ2v) is 6.79. The lowest BCUT2D eigenvalue weighted by Crippen LogP contribution is -2.28. The minimum absolute atomic E-state index is 0.256. The number of nitrogens with two attached hydrogens (primary N) is 1. The van der Waals surface area contributed by atoms with Crippen molar-refractivity contribution in [3.05, 3.63) is 17.5 Å². The predicted octanol–water partition coefficient (Wildman–Crippen LogP) is 2.66. The van der Waals surface area contributed by atoms with Crippen LogP contribution < -0.4 is 5.73 Å². The normalized spacial score (nSPS) is 19.1. The summed E-state index contributed by atoms with van der Waals surface area (Å²) in [6.45, 7) is 2.03. The Bertz CT molecular complexity index is 369. The number of thioether (sulfide) groups is 1. The Hall–Kier alpha value is -0.480. The van der Waals surface area contributed by atoms with Gasteiger partial charge >= 0.3 is 0 Å². The molecule has 0 bridgehead atoms. The Kier molecular flexibility index (Phi) is 5.13. The van der Waals surface area contributed by atoms with E-state index in [4.69, 9.17) is 5.73 Å². The zero-order chi connectivity index (χ0) is 13.0. The SMILES string of the molecule is Cc1cc(CC(N)CSC2CCCCC2)n(C)n1. The Balaban J connectivity index is 1.74. The number of aromatic nitrogens is 2. The van der Waals surface area contributed by atoms with Crippen molar-refractivity contribution in [2.75, 3.05) is 5.75 Å². The van der Waals surface area contributed by atoms with Crippen molar-refractivity contribution in [3.8, 4) is 0 Å². The van der Waals surface area contributed by atoms with Gasteiger partial charge in [-0.05, 0) is 25.8 Å². The maximum Gasteiger partial charge on any atom is 0.0596 e. The van der Waals surface area contributed by atoms with Crippen LogP contribution >= 0.6 is 11.8 Å². The summed E-state index contributed by atoms with van der Waals surface area (Å²) in [5.74, 6) is 1.08. The van der Waals surface area contributed by atoms with Gasteiger partial charge in [0.25, 0.3) is 0 Å². The van der Waals surface area contributed by atoms with Crippen molar-refractivity contribution in [1.29, 1.82) is 0 Å². The van der Waals surface area contributed by atoms with Crippen LogP contribution in [0.25, 0.3) is 0 Å². The van der Waals surface area contributed by atoms with E-state index in [2.05, 4.69) is 22.9 Å². The van der Waals surface area contributed by atoms with E-state index in [9.17, 15) is 0 Å². The first-order chi connectivity index (χ1) is 8.65. The lowest BCUT2D eigenvalue weighted by Gasteiger charge is -2.22. The molecule has 18 heavy (non-hydrogen) atoms. The molecule has 1 fully saturated rings. The molecular formula is C14H25N3S. The van der Waals surface area contributed by atoms with E-state index in [1.165, 1.54) is 37.8 Å². The van der Waals surface area contributed by atoms with Gasteiger partial charge in [-0.3, -0.25) is 4.68 Å². The largest absolute Gasteiger partial charge is 0.327 e. The monoisotopic (exact) mass is 267 g/mol. The molecule has 2 rings (SSSR count). The third-order valence-corrected chi connectivity index (χ3v) is 5.23. The van der Waals surface area contributed by atoms with Gasteiger partial charge in [-0.15, -0.1) is 0 Å². The molecule has 1 unspecified atom stereocenters. The van der Waals surface area contributed by atoms with Gasteiger partial charge in [0.05, 0.1) is 5.69 Å². The summed E-state index contributed by atoms with van der Waals surface area (Å²) in [6.07, 6.45) is 7.97. The van der Waals surface area contributed by atoms with Crippen molar-refractivity contribution in [1.82, 2.24) is 9.78 Å². The van der Waals surface area contributed by atoms with Crippen LogP contribution in [-0.4, -0.2) is 26.8 Å². The van der Waals surface area contributed by atoms with Gasteiger partial charge in [0, 0.05) is 36.2 Å². The molecule has 1 aliphatic rings. The highest BCUT2D eigenvalue weighted by Crippen LogP contribution is 2.28. The van der Waals surface area contributed by atoms with Crippen molar-refractivity contribution in [2.45, 2.75) is 56.7 Å². The number of nitrogens with zero attached hydrogens (tertiary/aromatic N) is 2. The van der Waals surface area contributed by atoms with Crippen LogP contribution in [0.15, 0.2) is 6.07 Å². The van der Waals surface area contributed by atoms with Gasteiger partial charge in [-0.1, -0.05) is 19.3 Å². The molecule has 0 radical (unpaired) electrons. The quantitative estimate of drug-likeness (QED) is 0.892. The Morgan fingerprint density at radius 2 is 2.17 bits per heavy atom. The van der Waals surface area contributed by atoms with Gasteiger partial charge in [0.1, 0.15) is 0 Å². The first-order valence-electron chi connectivity index (χ1n) is 7.02. The molecular weight excluding hydrogens is 242 g/mol. The number of hydrogen-bond donors (Lipinski definition) is 1. The molecule has 1 aliphatic carbocycles. The lowest BCUT2D eigenvalue weighted by molar-refractivity contribution is 0.515. The zero-order valence-electron chi connectivity index (χ0n) is 11.6. The van der Waals surface area contributed by atoms with Gasteiger partial charge < -0.3 is 5.73 Å². The molecule has 0 saturated heterocycles. The van der Waals surface area contributed by atoms with Crippen LogP contribution in [0.3, 0.4) is 0 Å². The summed E-state index contributed by atoms with van der Waals surface area (Å²) in [5, 5.41) is 5.23. The predicted molar refractivity (Wildman–Crippen MR) is 79.0 cm³/mol. The Morgan fingerprint density at radius 1 is 1.44 bits per heavy atom. The minimum atomic E-state index is 0.256. The molecule has 0 spiro atoms. The molecule has 1 aromatic heterocycles. The summed E-state index contributed by atoms with van der Waals surface area (Å²) in [6, 6.07) is 2.40. The second-order valence-electron chi connectivity index (χ2n) is 5.46. The highest BCUT2D eigenvalue weighted by atomic mass is 32.2. The van der Waals surface area contributed by atoms with Gasteiger partial charge in [0.15, 0.2) is 0 Å². The summed E-state index contributed by atoms with van der Waals surface area (Å²) in [4.78, 5) is 0. The van der Waals surface area contributed by atoms with Crippen molar-refractivity contribution in [3.63, 3.8) is 0 Å². The molecule has 2 N–H and O–H groups in total. The number of aryl methyl sites for hydroxylation is 2. The number of rotatable bonds is 5. The zero-order valence-corrected chi connectivity index (χ0v) is 12.4. The maximum atomic E-state index is 6.24. The Morgan fingerprint density at radius 3 is 2.78 bits per heavy atom. The first kappa shape index (κ1) is 13.9. The molecule has 1 aromatic rings. The molecule has 0 amide bonds. The van der Waals surface area contributed by atoms with Crippen molar-refractivity contribution in [2.24, 2.45) is 12.8 Å². The summed E-state index contributed by atoms with van der Waals surface area (Å²) in [7, 11) is 2.00. The fourth-order valence-electron chi connectivity index (χ4n) is 2.67. The third-order valence-electron chi connectivity index (χ3n) is 3.67. The average Bonchev–Trinajstić information content (AvgIpc) is 2.67. The second kappa shape index (κ2) is 6.62. The van der Waals surface area contributed by atoms with Gasteiger partial charge in [0.2, 0.25) is 0 Å². The molecule has 1 atom stereocenters. The standard InChI is InChI=1S/C14H25N3S/c1-11-8-13(17(2)16-11)9-12(15)10-18-14-6-4-3-5-7-14/h8,12,14H,3-7,9-10,15H2,1-2H3. The average molecular weight is 267 g/mol. The molecule has 3 nitrogen and oxygen atoms in total. The van der Waals surface area contributed by atoms with Gasteiger partial charge in [-0.25, -0.2) is 0 Å². The van der Waals surface area contributed by atoms with E-state index in [1.54, 1.807) is 0 Å². The van der Waals surface area contributed by atoms with E-state index in [-0.39, 0.29) is 6.04 Å². The van der Waals surface area contributed by atoms with E-state index in [0.717, 1.165) is 23.1 Å². The molecule has 4 heteroatoms. The molecule has 0 aliphatic heterocycles. The fourth-order valence-corrected chi connectivity index (χ4v) is 3.98. The van der Waals surface area contributed by atoms with Crippen LogP contribution in [0.1, 0.15) is 43.5 Å². The van der Waals surface area contributed by atoms with E-state index in [1.807, 2.05) is 18.7 Å². The summed E-state index contributed by atoms with van der Waals surface area (Å²) in [5.41, 5.74) is 8.58. The maximum absolute atomic E-state index is 6.24. The first-order valence-corrected chi connectivity index (χ1v) is 8.06. The van der Waals surface area contributed by atoms with Gasteiger partial charge in [-0.2, -0.15) is 16.9 Å². The molecule has 102 valence electrons. The number of hydrogen-bond acceptors (Lipinski definition) is 3. The molecule has 1 heterocycles. The van der Waals surface area contributed by atoms with Crippen molar-refractivity contribution >= 4 is 11.8 Å². The smallest absolute Gasteiger partial charge is 0.0596 e. The minimum Gasteiger partial charge on any atom is -0.327 e.